The van der Waals surface area contributed by atoms with E-state index in [4.69, 9.17) is 5.11 Å². The molecule has 1 aromatic rings. The molecule has 0 radical (unpaired) electrons. The molecular formula is C12H12FNO3. The van der Waals surface area contributed by atoms with Gasteiger partial charge in [-0.15, -0.1) is 0 Å². The SMILES string of the molecule is O=C(O)C1CCCC(=O)N1c1ccccc1F. The van der Waals surface area contributed by atoms with Crippen LogP contribution in [0.3, 0.4) is 0 Å². The molecule has 1 fully saturated rings. The van der Waals surface area contributed by atoms with E-state index in [1.54, 1.807) is 6.07 Å². The highest BCUT2D eigenvalue weighted by molar-refractivity contribution is 6.00. The lowest BCUT2D eigenvalue weighted by molar-refractivity contribution is -0.141. The fourth-order valence-corrected chi connectivity index (χ4v) is 2.05. The van der Waals surface area contributed by atoms with Crippen molar-refractivity contribution in [2.45, 2.75) is 25.3 Å². The number of benzene rings is 1. The van der Waals surface area contributed by atoms with Crippen molar-refractivity contribution in [3.05, 3.63) is 30.1 Å². The molecule has 1 aliphatic rings. The van der Waals surface area contributed by atoms with Crippen molar-refractivity contribution in [1.82, 2.24) is 0 Å². The Morgan fingerprint density at radius 2 is 2.12 bits per heavy atom. The van der Waals surface area contributed by atoms with E-state index in [9.17, 15) is 14.0 Å². The number of carboxylic acids is 1. The van der Waals surface area contributed by atoms with Crippen molar-refractivity contribution in [2.24, 2.45) is 0 Å². The number of para-hydroxylation sites is 1. The zero-order valence-electron chi connectivity index (χ0n) is 9.10. The molecule has 90 valence electrons. The summed E-state index contributed by atoms with van der Waals surface area (Å²) < 4.78 is 13.6. The normalized spacial score (nSPS) is 20.4. The number of nitrogens with zero attached hydrogens (tertiary/aromatic N) is 1. The number of aliphatic carboxylic acids is 1. The lowest BCUT2D eigenvalue weighted by Crippen LogP contribution is -2.48. The van der Waals surface area contributed by atoms with Gasteiger partial charge in [-0.25, -0.2) is 9.18 Å². The first-order valence-corrected chi connectivity index (χ1v) is 5.40. The second-order valence-electron chi connectivity index (χ2n) is 3.96. The zero-order valence-corrected chi connectivity index (χ0v) is 9.10. The molecule has 0 bridgehead atoms. The Kier molecular flexibility index (Phi) is 3.08. The number of halogens is 1. The fourth-order valence-electron chi connectivity index (χ4n) is 2.05. The van der Waals surface area contributed by atoms with E-state index < -0.39 is 17.8 Å². The van der Waals surface area contributed by atoms with E-state index in [-0.39, 0.29) is 18.0 Å². The number of carbonyl (C=O) groups is 2. The summed E-state index contributed by atoms with van der Waals surface area (Å²) in [5, 5.41) is 9.06. The van der Waals surface area contributed by atoms with Crippen LogP contribution in [-0.4, -0.2) is 23.0 Å². The lowest BCUT2D eigenvalue weighted by atomic mass is 10.0. The molecule has 1 saturated heterocycles. The van der Waals surface area contributed by atoms with Crippen molar-refractivity contribution in [2.75, 3.05) is 4.90 Å². The third-order valence-electron chi connectivity index (χ3n) is 2.85. The van der Waals surface area contributed by atoms with Crippen LogP contribution in [0.2, 0.25) is 0 Å². The highest BCUT2D eigenvalue weighted by Gasteiger charge is 2.35. The summed E-state index contributed by atoms with van der Waals surface area (Å²) in [6.07, 6.45) is 1.15. The van der Waals surface area contributed by atoms with E-state index in [2.05, 4.69) is 0 Å². The van der Waals surface area contributed by atoms with Gasteiger partial charge < -0.3 is 5.11 Å². The third kappa shape index (κ3) is 2.13. The molecule has 2 rings (SSSR count). The lowest BCUT2D eigenvalue weighted by Gasteiger charge is -2.32. The van der Waals surface area contributed by atoms with Crippen molar-refractivity contribution in [3.63, 3.8) is 0 Å². The average molecular weight is 237 g/mol. The summed E-state index contributed by atoms with van der Waals surface area (Å²) in [5.74, 6) is -2.01. The van der Waals surface area contributed by atoms with E-state index in [0.29, 0.717) is 12.8 Å². The van der Waals surface area contributed by atoms with Gasteiger partial charge in [0.15, 0.2) is 0 Å². The summed E-state index contributed by atoms with van der Waals surface area (Å²) in [5.41, 5.74) is 0.0459. The summed E-state index contributed by atoms with van der Waals surface area (Å²) >= 11 is 0. The van der Waals surface area contributed by atoms with Gasteiger partial charge in [0.1, 0.15) is 11.9 Å². The minimum atomic E-state index is -1.10. The van der Waals surface area contributed by atoms with Crippen LogP contribution in [-0.2, 0) is 9.59 Å². The van der Waals surface area contributed by atoms with Crippen LogP contribution < -0.4 is 4.90 Å². The van der Waals surface area contributed by atoms with Gasteiger partial charge in [-0.2, -0.15) is 0 Å². The topological polar surface area (TPSA) is 57.6 Å². The maximum Gasteiger partial charge on any atom is 0.326 e. The first-order chi connectivity index (χ1) is 8.11. The van der Waals surface area contributed by atoms with Crippen molar-refractivity contribution in [1.29, 1.82) is 0 Å². The molecule has 0 aliphatic carbocycles. The summed E-state index contributed by atoms with van der Waals surface area (Å²) in [6, 6.07) is 4.76. The van der Waals surface area contributed by atoms with Crippen molar-refractivity contribution in [3.8, 4) is 0 Å². The molecule has 1 amide bonds. The number of rotatable bonds is 2. The number of carbonyl (C=O) groups excluding carboxylic acids is 1. The molecule has 1 aromatic carbocycles. The van der Waals surface area contributed by atoms with E-state index in [0.717, 1.165) is 4.90 Å². The van der Waals surface area contributed by atoms with E-state index >= 15 is 0 Å². The first kappa shape index (κ1) is 11.6. The predicted molar refractivity (Wildman–Crippen MR) is 59.2 cm³/mol. The Bertz CT molecular complexity index is 461. The van der Waals surface area contributed by atoms with Crippen LogP contribution in [0.5, 0.6) is 0 Å². The van der Waals surface area contributed by atoms with Crippen molar-refractivity contribution >= 4 is 17.6 Å². The first-order valence-electron chi connectivity index (χ1n) is 5.40. The summed E-state index contributed by atoms with van der Waals surface area (Å²) in [4.78, 5) is 23.9. The second kappa shape index (κ2) is 4.53. The fraction of sp³-hybridized carbons (Fsp3) is 0.333. The molecule has 0 saturated carbocycles. The number of carboxylic acid groups (broad SMARTS) is 1. The Morgan fingerprint density at radius 1 is 1.41 bits per heavy atom. The van der Waals surface area contributed by atoms with Crippen LogP contribution in [0, 0.1) is 5.82 Å². The molecule has 4 nitrogen and oxygen atoms in total. The molecule has 17 heavy (non-hydrogen) atoms. The molecule has 0 spiro atoms. The van der Waals surface area contributed by atoms with Gasteiger partial charge in [0.05, 0.1) is 5.69 Å². The highest BCUT2D eigenvalue weighted by atomic mass is 19.1. The summed E-state index contributed by atoms with van der Waals surface area (Å²) in [6.45, 7) is 0. The van der Waals surface area contributed by atoms with Gasteiger partial charge in [0.25, 0.3) is 0 Å². The van der Waals surface area contributed by atoms with Gasteiger partial charge in [-0.05, 0) is 25.0 Å². The number of hydrogen-bond donors (Lipinski definition) is 1. The molecule has 1 N–H and O–H groups in total. The molecular weight excluding hydrogens is 225 g/mol. The molecule has 1 heterocycles. The third-order valence-corrected chi connectivity index (χ3v) is 2.85. The van der Waals surface area contributed by atoms with Gasteiger partial charge in [0.2, 0.25) is 5.91 Å². The maximum atomic E-state index is 13.6. The Morgan fingerprint density at radius 3 is 2.76 bits per heavy atom. The van der Waals surface area contributed by atoms with Crippen LogP contribution in [0.25, 0.3) is 0 Å². The predicted octanol–water partition coefficient (Wildman–Crippen LogP) is 1.80. The highest BCUT2D eigenvalue weighted by Crippen LogP contribution is 2.27. The average Bonchev–Trinajstić information content (AvgIpc) is 2.30. The standard InChI is InChI=1S/C12H12FNO3/c13-8-4-1-2-5-9(8)14-10(12(16)17)6-3-7-11(14)15/h1-2,4-5,10H,3,6-7H2,(H,16,17). The minimum Gasteiger partial charge on any atom is -0.480 e. The number of amides is 1. The van der Waals surface area contributed by atoms with Gasteiger partial charge in [-0.1, -0.05) is 12.1 Å². The Hall–Kier alpha value is -1.91. The van der Waals surface area contributed by atoms with E-state index in [1.165, 1.54) is 18.2 Å². The van der Waals surface area contributed by atoms with Crippen LogP contribution in [0.4, 0.5) is 10.1 Å². The number of hydrogen-bond acceptors (Lipinski definition) is 2. The zero-order chi connectivity index (χ0) is 12.4. The minimum absolute atomic E-state index is 0.0459. The van der Waals surface area contributed by atoms with Crippen molar-refractivity contribution < 1.29 is 19.1 Å². The monoisotopic (exact) mass is 237 g/mol. The Labute approximate surface area is 97.7 Å². The van der Waals surface area contributed by atoms with E-state index in [1.807, 2.05) is 0 Å². The maximum absolute atomic E-state index is 13.6. The smallest absolute Gasteiger partial charge is 0.326 e. The molecule has 0 aromatic heterocycles. The van der Waals surface area contributed by atoms with Gasteiger partial charge in [-0.3, -0.25) is 9.69 Å². The molecule has 1 unspecified atom stereocenters. The largest absolute Gasteiger partial charge is 0.480 e. The Balaban J connectivity index is 2.42. The second-order valence-corrected chi connectivity index (χ2v) is 3.96. The van der Waals surface area contributed by atoms with Gasteiger partial charge in [0, 0.05) is 6.42 Å². The van der Waals surface area contributed by atoms with Gasteiger partial charge >= 0.3 is 5.97 Å². The molecule has 5 heteroatoms. The number of anilines is 1. The molecule has 1 aliphatic heterocycles. The quantitative estimate of drug-likeness (QED) is 0.853. The van der Waals surface area contributed by atoms with Crippen LogP contribution in [0.1, 0.15) is 19.3 Å². The van der Waals surface area contributed by atoms with Crippen LogP contribution >= 0.6 is 0 Å². The van der Waals surface area contributed by atoms with Crippen LogP contribution in [0.15, 0.2) is 24.3 Å². The summed E-state index contributed by atoms with van der Waals surface area (Å²) in [7, 11) is 0. The molecule has 1 atom stereocenters. The number of piperidine rings is 1.